The number of piperazine rings is 1. The first-order chi connectivity index (χ1) is 9.61. The Kier molecular flexibility index (Phi) is 4.01. The SMILES string of the molecule is NC(=S)c1cc(F)cc(CN2CCN(C3CC3)CC2)c1. The quantitative estimate of drug-likeness (QED) is 0.857. The van der Waals surface area contributed by atoms with Gasteiger partial charge in [0.1, 0.15) is 10.8 Å². The van der Waals surface area contributed by atoms with Crippen LogP contribution in [0.5, 0.6) is 0 Å². The van der Waals surface area contributed by atoms with Crippen molar-refractivity contribution >= 4 is 17.2 Å². The van der Waals surface area contributed by atoms with Gasteiger partial charge in [-0.15, -0.1) is 0 Å². The molecule has 0 radical (unpaired) electrons. The van der Waals surface area contributed by atoms with Gasteiger partial charge >= 0.3 is 0 Å². The molecule has 0 amide bonds. The van der Waals surface area contributed by atoms with Gasteiger partial charge in [0, 0.05) is 44.3 Å². The van der Waals surface area contributed by atoms with Gasteiger partial charge in [0.15, 0.2) is 0 Å². The van der Waals surface area contributed by atoms with Crippen molar-refractivity contribution in [2.24, 2.45) is 5.73 Å². The Labute approximate surface area is 124 Å². The second kappa shape index (κ2) is 5.76. The van der Waals surface area contributed by atoms with Crippen LogP contribution in [0.3, 0.4) is 0 Å². The number of hydrogen-bond acceptors (Lipinski definition) is 3. The second-order valence-electron chi connectivity index (χ2n) is 5.76. The average Bonchev–Trinajstić information content (AvgIpc) is 3.23. The highest BCUT2D eigenvalue weighted by molar-refractivity contribution is 7.80. The zero-order valence-electron chi connectivity index (χ0n) is 11.5. The molecule has 1 aliphatic heterocycles. The van der Waals surface area contributed by atoms with Crippen LogP contribution in [0.1, 0.15) is 24.0 Å². The van der Waals surface area contributed by atoms with Crippen molar-refractivity contribution in [3.8, 4) is 0 Å². The van der Waals surface area contributed by atoms with Crippen molar-refractivity contribution in [3.63, 3.8) is 0 Å². The summed E-state index contributed by atoms with van der Waals surface area (Å²) in [5.74, 6) is -0.262. The summed E-state index contributed by atoms with van der Waals surface area (Å²) in [7, 11) is 0. The molecule has 1 aromatic carbocycles. The summed E-state index contributed by atoms with van der Waals surface area (Å²) in [5.41, 5.74) is 7.16. The summed E-state index contributed by atoms with van der Waals surface area (Å²) in [6.45, 7) is 5.13. The molecule has 3 rings (SSSR count). The van der Waals surface area contributed by atoms with Gasteiger partial charge < -0.3 is 5.73 Å². The largest absolute Gasteiger partial charge is 0.389 e. The predicted octanol–water partition coefficient (Wildman–Crippen LogP) is 1.74. The summed E-state index contributed by atoms with van der Waals surface area (Å²) in [6, 6.07) is 5.72. The van der Waals surface area contributed by atoms with Gasteiger partial charge in [0.05, 0.1) is 0 Å². The Morgan fingerprint density at radius 3 is 2.50 bits per heavy atom. The molecule has 2 N–H and O–H groups in total. The summed E-state index contributed by atoms with van der Waals surface area (Å²) >= 11 is 4.93. The fraction of sp³-hybridized carbons (Fsp3) is 0.533. The molecule has 3 nitrogen and oxygen atoms in total. The van der Waals surface area contributed by atoms with Crippen LogP contribution in [0.25, 0.3) is 0 Å². The zero-order chi connectivity index (χ0) is 14.1. The Bertz CT molecular complexity index is 508. The van der Waals surface area contributed by atoms with Crippen molar-refractivity contribution in [2.75, 3.05) is 26.2 Å². The van der Waals surface area contributed by atoms with Crippen LogP contribution in [0.4, 0.5) is 4.39 Å². The third-order valence-corrected chi connectivity index (χ3v) is 4.35. The molecule has 0 bridgehead atoms. The minimum atomic E-state index is -0.262. The van der Waals surface area contributed by atoms with Gasteiger partial charge in [-0.05, 0) is 36.6 Å². The van der Waals surface area contributed by atoms with E-state index in [1.807, 2.05) is 6.07 Å². The van der Waals surface area contributed by atoms with Crippen LogP contribution < -0.4 is 5.73 Å². The first-order valence-corrected chi connectivity index (χ1v) is 7.58. The number of rotatable bonds is 4. The van der Waals surface area contributed by atoms with Crippen molar-refractivity contribution in [1.82, 2.24) is 9.80 Å². The standard InChI is InChI=1S/C15H20FN3S/c16-13-8-11(7-12(9-13)15(17)20)10-18-3-5-19(6-4-18)14-1-2-14/h7-9,14H,1-6,10H2,(H2,17,20). The van der Waals surface area contributed by atoms with Crippen LogP contribution in [-0.4, -0.2) is 47.0 Å². The molecule has 0 atom stereocenters. The summed E-state index contributed by atoms with van der Waals surface area (Å²) in [6.07, 6.45) is 2.72. The molecule has 1 saturated heterocycles. The van der Waals surface area contributed by atoms with Gasteiger partial charge in [-0.3, -0.25) is 9.80 Å². The fourth-order valence-electron chi connectivity index (χ4n) is 2.87. The first-order valence-electron chi connectivity index (χ1n) is 7.17. The number of nitrogens with two attached hydrogens (primary N) is 1. The van der Waals surface area contributed by atoms with E-state index in [0.29, 0.717) is 5.56 Å². The highest BCUT2D eigenvalue weighted by Gasteiger charge is 2.31. The third-order valence-electron chi connectivity index (χ3n) is 4.12. The highest BCUT2D eigenvalue weighted by atomic mass is 32.1. The Morgan fingerprint density at radius 2 is 1.90 bits per heavy atom. The maximum Gasteiger partial charge on any atom is 0.124 e. The van der Waals surface area contributed by atoms with E-state index in [1.54, 1.807) is 6.07 Å². The van der Waals surface area contributed by atoms with Crippen molar-refractivity contribution in [1.29, 1.82) is 0 Å². The average molecular weight is 293 g/mol. The maximum absolute atomic E-state index is 13.6. The Hall–Kier alpha value is -1.04. The molecule has 1 aliphatic carbocycles. The molecule has 1 saturated carbocycles. The normalized spacial score (nSPS) is 21.1. The Morgan fingerprint density at radius 1 is 1.20 bits per heavy atom. The number of benzene rings is 1. The van der Waals surface area contributed by atoms with Crippen LogP contribution in [0, 0.1) is 5.82 Å². The molecule has 0 aromatic heterocycles. The summed E-state index contributed by atoms with van der Waals surface area (Å²) in [5, 5.41) is 0. The molecule has 1 heterocycles. The molecule has 0 spiro atoms. The lowest BCUT2D eigenvalue weighted by molar-refractivity contribution is 0.121. The zero-order valence-corrected chi connectivity index (χ0v) is 12.3. The Balaban J connectivity index is 1.61. The molecule has 2 fully saturated rings. The van der Waals surface area contributed by atoms with Gasteiger partial charge in [-0.2, -0.15) is 0 Å². The number of halogens is 1. The van der Waals surface area contributed by atoms with Gasteiger partial charge in [0.25, 0.3) is 0 Å². The maximum atomic E-state index is 13.6. The van der Waals surface area contributed by atoms with Crippen molar-refractivity contribution < 1.29 is 4.39 Å². The van der Waals surface area contributed by atoms with E-state index in [9.17, 15) is 4.39 Å². The topological polar surface area (TPSA) is 32.5 Å². The second-order valence-corrected chi connectivity index (χ2v) is 6.20. The molecule has 5 heteroatoms. The lowest BCUT2D eigenvalue weighted by Crippen LogP contribution is -2.46. The van der Waals surface area contributed by atoms with Crippen molar-refractivity contribution in [2.45, 2.75) is 25.4 Å². The van der Waals surface area contributed by atoms with Crippen LogP contribution >= 0.6 is 12.2 Å². The van der Waals surface area contributed by atoms with E-state index in [4.69, 9.17) is 18.0 Å². The third kappa shape index (κ3) is 3.34. The molecular formula is C15H20FN3S. The number of nitrogens with zero attached hydrogens (tertiary/aromatic N) is 2. The smallest absolute Gasteiger partial charge is 0.124 e. The lowest BCUT2D eigenvalue weighted by atomic mass is 10.1. The summed E-state index contributed by atoms with van der Waals surface area (Å²) < 4.78 is 13.6. The van der Waals surface area contributed by atoms with E-state index < -0.39 is 0 Å². The van der Waals surface area contributed by atoms with Crippen LogP contribution in [0.2, 0.25) is 0 Å². The van der Waals surface area contributed by atoms with E-state index in [-0.39, 0.29) is 10.8 Å². The molecular weight excluding hydrogens is 273 g/mol. The predicted molar refractivity (Wildman–Crippen MR) is 82.2 cm³/mol. The van der Waals surface area contributed by atoms with E-state index >= 15 is 0 Å². The molecule has 20 heavy (non-hydrogen) atoms. The highest BCUT2D eigenvalue weighted by Crippen LogP contribution is 2.27. The minimum Gasteiger partial charge on any atom is -0.389 e. The molecule has 1 aromatic rings. The minimum absolute atomic E-state index is 0.254. The van der Waals surface area contributed by atoms with Gasteiger partial charge in [-0.25, -0.2) is 4.39 Å². The monoisotopic (exact) mass is 293 g/mol. The molecule has 0 unspecified atom stereocenters. The van der Waals surface area contributed by atoms with Crippen LogP contribution in [-0.2, 0) is 6.54 Å². The van der Waals surface area contributed by atoms with E-state index in [1.165, 1.54) is 18.9 Å². The summed E-state index contributed by atoms with van der Waals surface area (Å²) in [4.78, 5) is 5.20. The molecule has 2 aliphatic rings. The van der Waals surface area contributed by atoms with Gasteiger partial charge in [0.2, 0.25) is 0 Å². The van der Waals surface area contributed by atoms with E-state index in [0.717, 1.165) is 44.3 Å². The number of thiocarbonyl (C=S) groups is 1. The fourth-order valence-corrected chi connectivity index (χ4v) is 2.99. The van der Waals surface area contributed by atoms with E-state index in [2.05, 4.69) is 9.80 Å². The van der Waals surface area contributed by atoms with Crippen LogP contribution in [0.15, 0.2) is 18.2 Å². The lowest BCUT2D eigenvalue weighted by Gasteiger charge is -2.34. The molecule has 108 valence electrons. The number of hydrogen-bond donors (Lipinski definition) is 1. The first kappa shape index (κ1) is 13.9. The van der Waals surface area contributed by atoms with Crippen molar-refractivity contribution in [3.05, 3.63) is 35.1 Å². The van der Waals surface area contributed by atoms with Gasteiger partial charge in [-0.1, -0.05) is 12.2 Å².